The first-order chi connectivity index (χ1) is 13.3. The van der Waals surface area contributed by atoms with E-state index in [1.807, 2.05) is 0 Å². The van der Waals surface area contributed by atoms with Crippen LogP contribution in [0.3, 0.4) is 0 Å². The van der Waals surface area contributed by atoms with Gasteiger partial charge in [-0.05, 0) is 36.8 Å². The number of allylic oxidation sites excluding steroid dienone is 1. The number of nitrogens with zero attached hydrogens (tertiary/aromatic N) is 2. The number of likely N-dealkylation sites (N-methyl/N-ethyl adjacent to an activating group) is 1. The lowest BCUT2D eigenvalue weighted by molar-refractivity contribution is -0.673. The number of hydrogen-bond donors (Lipinski definition) is 1. The molecule has 3 aromatic rings. The molecule has 0 radical (unpaired) electrons. The van der Waals surface area contributed by atoms with Crippen molar-refractivity contribution >= 4 is 28.7 Å². The van der Waals surface area contributed by atoms with Crippen molar-refractivity contribution in [3.05, 3.63) is 83.7 Å². The molecule has 0 fully saturated rings. The minimum Gasteiger partial charge on any atom is -0.396 e. The summed E-state index contributed by atoms with van der Waals surface area (Å²) in [6.45, 7) is 4.09. The predicted octanol–water partition coefficient (Wildman–Crippen LogP) is 4.40. The van der Waals surface area contributed by atoms with Crippen molar-refractivity contribution in [1.29, 1.82) is 0 Å². The molecule has 0 bridgehead atoms. The zero-order chi connectivity index (χ0) is 18.6. The minimum atomic E-state index is 0.195. The number of fused-ring (bicyclic) bond motifs is 2. The highest BCUT2D eigenvalue weighted by atomic mass is 16.3. The van der Waals surface area contributed by atoms with Crippen molar-refractivity contribution in [2.75, 3.05) is 18.1 Å². The fourth-order valence-corrected chi connectivity index (χ4v) is 3.79. The Hall–Kier alpha value is -2.91. The van der Waals surface area contributed by atoms with Gasteiger partial charge in [0.1, 0.15) is 0 Å². The smallest absolute Gasteiger partial charge is 0.212 e. The molecule has 0 unspecified atom stereocenters. The van der Waals surface area contributed by atoms with Gasteiger partial charge in [-0.15, -0.1) is 0 Å². The second-order valence-electron chi connectivity index (χ2n) is 6.75. The van der Waals surface area contributed by atoms with Crippen LogP contribution in [-0.2, 0) is 6.54 Å². The van der Waals surface area contributed by atoms with Gasteiger partial charge in [-0.25, -0.2) is 0 Å². The molecule has 1 aliphatic rings. The number of aliphatic hydroxyl groups is 1. The molecule has 3 heteroatoms. The maximum Gasteiger partial charge on any atom is 0.212 e. The lowest BCUT2D eigenvalue weighted by atomic mass is 10.0. The highest BCUT2D eigenvalue weighted by Crippen LogP contribution is 2.31. The summed E-state index contributed by atoms with van der Waals surface area (Å²) in [5, 5.41) is 10.6. The number of rotatable bonds is 5. The molecule has 1 aliphatic heterocycles. The molecule has 1 N–H and O–H groups in total. The lowest BCUT2D eigenvalue weighted by Crippen LogP contribution is -2.38. The van der Waals surface area contributed by atoms with Crippen LogP contribution in [0.2, 0.25) is 0 Å². The topological polar surface area (TPSA) is 27.4 Å². The average Bonchev–Trinajstić information content (AvgIpc) is 2.72. The van der Waals surface area contributed by atoms with Crippen LogP contribution in [0.4, 0.5) is 5.69 Å². The van der Waals surface area contributed by atoms with E-state index in [-0.39, 0.29) is 6.61 Å². The van der Waals surface area contributed by atoms with Gasteiger partial charge in [0.2, 0.25) is 11.2 Å². The van der Waals surface area contributed by atoms with E-state index in [1.54, 1.807) is 0 Å². The molecule has 3 nitrogen and oxygen atoms in total. The maximum atomic E-state index is 9.35. The van der Waals surface area contributed by atoms with Crippen molar-refractivity contribution in [3.63, 3.8) is 0 Å². The first-order valence-electron chi connectivity index (χ1n) is 9.60. The van der Waals surface area contributed by atoms with E-state index < -0.39 is 0 Å². The van der Waals surface area contributed by atoms with Crippen molar-refractivity contribution in [2.24, 2.45) is 0 Å². The fraction of sp³-hybridized carbons (Fsp3) is 0.208. The highest BCUT2D eigenvalue weighted by Gasteiger charge is 2.19. The first-order valence-corrected chi connectivity index (χ1v) is 9.60. The van der Waals surface area contributed by atoms with Crippen LogP contribution in [0.25, 0.3) is 23.1 Å². The summed E-state index contributed by atoms with van der Waals surface area (Å²) >= 11 is 0. The summed E-state index contributed by atoms with van der Waals surface area (Å²) in [5.74, 6) is 0. The van der Waals surface area contributed by atoms with Gasteiger partial charge in [0.15, 0.2) is 6.54 Å². The Morgan fingerprint density at radius 2 is 1.78 bits per heavy atom. The zero-order valence-electron chi connectivity index (χ0n) is 15.7. The maximum absolute atomic E-state index is 9.35. The van der Waals surface area contributed by atoms with E-state index in [2.05, 4.69) is 95.3 Å². The molecule has 0 amide bonds. The summed E-state index contributed by atoms with van der Waals surface area (Å²) < 4.78 is 2.31. The number of aryl methyl sites for hydroxylation is 1. The van der Waals surface area contributed by atoms with E-state index in [4.69, 9.17) is 0 Å². The molecule has 2 heterocycles. The van der Waals surface area contributed by atoms with Crippen LogP contribution in [-0.4, -0.2) is 18.3 Å². The van der Waals surface area contributed by atoms with Gasteiger partial charge in [0.05, 0.1) is 0 Å². The van der Waals surface area contributed by atoms with Crippen LogP contribution in [0, 0.1) is 0 Å². The molecule has 0 saturated carbocycles. The molecule has 1 aromatic heterocycles. The SMILES string of the molecule is CCN1C(=Cc2ccc3ccccc3[n+]2CCCO)C=Cc2ccccc21. The Morgan fingerprint density at radius 3 is 2.63 bits per heavy atom. The molecular weight excluding hydrogens is 332 g/mol. The normalized spacial score (nSPS) is 14.7. The summed E-state index contributed by atoms with van der Waals surface area (Å²) in [7, 11) is 0. The van der Waals surface area contributed by atoms with Gasteiger partial charge >= 0.3 is 0 Å². The molecule has 136 valence electrons. The number of aliphatic hydroxyl groups excluding tert-OH is 1. The largest absolute Gasteiger partial charge is 0.396 e. The van der Waals surface area contributed by atoms with E-state index in [0.29, 0.717) is 0 Å². The number of aromatic nitrogens is 1. The fourth-order valence-electron chi connectivity index (χ4n) is 3.79. The number of benzene rings is 2. The van der Waals surface area contributed by atoms with Crippen molar-refractivity contribution < 1.29 is 9.67 Å². The minimum absolute atomic E-state index is 0.195. The van der Waals surface area contributed by atoms with Gasteiger partial charge in [-0.2, -0.15) is 4.57 Å². The van der Waals surface area contributed by atoms with Gasteiger partial charge in [0, 0.05) is 54.6 Å². The second kappa shape index (κ2) is 7.77. The Bertz CT molecular complexity index is 1020. The van der Waals surface area contributed by atoms with Crippen LogP contribution in [0.15, 0.2) is 72.4 Å². The lowest BCUT2D eigenvalue weighted by Gasteiger charge is -2.29. The average molecular weight is 357 g/mol. The molecule has 4 rings (SSSR count). The summed E-state index contributed by atoms with van der Waals surface area (Å²) in [6, 6.07) is 21.3. The molecule has 2 aromatic carbocycles. The third-order valence-corrected chi connectivity index (χ3v) is 5.10. The summed E-state index contributed by atoms with van der Waals surface area (Å²) in [5.41, 5.74) is 6.03. The van der Waals surface area contributed by atoms with E-state index in [0.717, 1.165) is 25.2 Å². The Morgan fingerprint density at radius 1 is 0.963 bits per heavy atom. The van der Waals surface area contributed by atoms with Gasteiger partial charge < -0.3 is 10.0 Å². The van der Waals surface area contributed by atoms with Crippen LogP contribution >= 0.6 is 0 Å². The number of pyridine rings is 1. The molecule has 0 atom stereocenters. The Labute approximate surface area is 160 Å². The standard InChI is InChI=1S/C24H25N2O/c1-2-25-21(14-12-19-8-3-5-10-23(19)25)18-22-15-13-20-9-4-6-11-24(20)26(22)16-7-17-27/h3-6,8-15,18,27H,2,7,16-17H2,1H3/q+1. The van der Waals surface area contributed by atoms with E-state index in [1.165, 1.54) is 27.9 Å². The van der Waals surface area contributed by atoms with Crippen LogP contribution < -0.4 is 9.47 Å². The Balaban J connectivity index is 1.83. The molecule has 27 heavy (non-hydrogen) atoms. The summed E-state index contributed by atoms with van der Waals surface area (Å²) in [6.07, 6.45) is 7.37. The predicted molar refractivity (Wildman–Crippen MR) is 112 cm³/mol. The number of para-hydroxylation sites is 2. The zero-order valence-corrected chi connectivity index (χ0v) is 15.7. The summed E-state index contributed by atoms with van der Waals surface area (Å²) in [4.78, 5) is 2.35. The van der Waals surface area contributed by atoms with Crippen molar-refractivity contribution in [2.45, 2.75) is 19.9 Å². The quantitative estimate of drug-likeness (QED) is 0.685. The van der Waals surface area contributed by atoms with Gasteiger partial charge in [-0.1, -0.05) is 36.4 Å². The molecular formula is C24H25N2O+. The molecule has 0 saturated heterocycles. The Kier molecular flexibility index (Phi) is 5.03. The highest BCUT2D eigenvalue weighted by molar-refractivity contribution is 5.80. The molecule has 0 aliphatic carbocycles. The molecule has 0 spiro atoms. The van der Waals surface area contributed by atoms with Crippen molar-refractivity contribution in [1.82, 2.24) is 0 Å². The van der Waals surface area contributed by atoms with E-state index in [9.17, 15) is 5.11 Å². The number of hydrogen-bond acceptors (Lipinski definition) is 2. The van der Waals surface area contributed by atoms with Crippen molar-refractivity contribution in [3.8, 4) is 0 Å². The van der Waals surface area contributed by atoms with Crippen LogP contribution in [0.1, 0.15) is 24.6 Å². The van der Waals surface area contributed by atoms with E-state index >= 15 is 0 Å². The number of anilines is 1. The van der Waals surface area contributed by atoms with Crippen LogP contribution in [0.5, 0.6) is 0 Å². The third-order valence-electron chi connectivity index (χ3n) is 5.10. The van der Waals surface area contributed by atoms with Gasteiger partial charge in [-0.3, -0.25) is 0 Å². The first kappa shape index (κ1) is 17.5. The third kappa shape index (κ3) is 3.38. The van der Waals surface area contributed by atoms with Gasteiger partial charge in [0.25, 0.3) is 0 Å². The second-order valence-corrected chi connectivity index (χ2v) is 6.75. The monoisotopic (exact) mass is 357 g/mol.